The van der Waals surface area contributed by atoms with Gasteiger partial charge in [0.05, 0.1) is 5.56 Å². The van der Waals surface area contributed by atoms with E-state index in [9.17, 15) is 0 Å². The van der Waals surface area contributed by atoms with E-state index in [1.807, 2.05) is 60.7 Å². The van der Waals surface area contributed by atoms with Crippen molar-refractivity contribution >= 4 is 34.4 Å². The van der Waals surface area contributed by atoms with Gasteiger partial charge in [-0.15, -0.1) is 0 Å². The van der Waals surface area contributed by atoms with Gasteiger partial charge in [-0.3, -0.25) is 0 Å². The molecule has 0 saturated heterocycles. The first kappa shape index (κ1) is 21.9. The summed E-state index contributed by atoms with van der Waals surface area (Å²) in [6.45, 7) is 5.65. The van der Waals surface area contributed by atoms with E-state index in [0.717, 1.165) is 46.4 Å². The highest BCUT2D eigenvalue weighted by Gasteiger charge is 2.17. The smallest absolute Gasteiger partial charge is 0.220 e. The van der Waals surface area contributed by atoms with Crippen LogP contribution >= 0.6 is 0 Å². The van der Waals surface area contributed by atoms with Crippen LogP contribution in [-0.4, -0.2) is 9.97 Å². The SMILES string of the molecule is Cc1ccc2oc(C=Cc3nc4ccc(C)c(C[n+]5ccccc5)c4o3)nc2c1C[n+]1ccccc1. The monoisotopic (exact) mass is 474 g/mol. The van der Waals surface area contributed by atoms with Gasteiger partial charge >= 0.3 is 0 Å². The molecule has 6 heteroatoms. The molecule has 176 valence electrons. The number of rotatable bonds is 6. The molecule has 0 saturated carbocycles. The molecule has 2 aromatic carbocycles. The van der Waals surface area contributed by atoms with E-state index < -0.39 is 0 Å². The summed E-state index contributed by atoms with van der Waals surface area (Å²) in [7, 11) is 0. The van der Waals surface area contributed by atoms with Crippen LogP contribution in [0.2, 0.25) is 0 Å². The standard InChI is InChI=1S/C30H26N4O2/c1-21-10-12-26-29(23(21)19-33-15-5-3-6-16-33)32-28(35-26)14-13-27-31-25-11-9-22(2)24(30(25)36-27)20-34-17-7-4-8-18-34/h3-18H,19-20H2,1-2H3/q+2. The van der Waals surface area contributed by atoms with E-state index in [4.69, 9.17) is 13.8 Å². The lowest BCUT2D eigenvalue weighted by atomic mass is 10.1. The Hall–Kier alpha value is -4.58. The molecule has 0 aliphatic carbocycles. The highest BCUT2D eigenvalue weighted by Crippen LogP contribution is 2.26. The molecule has 0 bridgehead atoms. The van der Waals surface area contributed by atoms with Crippen LogP contribution in [0.4, 0.5) is 0 Å². The highest BCUT2D eigenvalue weighted by molar-refractivity contribution is 5.81. The summed E-state index contributed by atoms with van der Waals surface area (Å²) in [6, 6.07) is 20.3. The Kier molecular flexibility index (Phi) is 5.62. The molecule has 4 aromatic heterocycles. The summed E-state index contributed by atoms with van der Waals surface area (Å²) < 4.78 is 16.5. The summed E-state index contributed by atoms with van der Waals surface area (Å²) in [5.41, 5.74) is 7.90. The third-order valence-electron chi connectivity index (χ3n) is 6.43. The predicted molar refractivity (Wildman–Crippen MR) is 138 cm³/mol. The molecule has 0 spiro atoms. The minimum Gasteiger partial charge on any atom is -0.437 e. The van der Waals surface area contributed by atoms with Crippen LogP contribution in [0.15, 0.2) is 94.3 Å². The molecule has 0 aliphatic rings. The molecule has 0 fully saturated rings. The number of aromatic nitrogens is 4. The molecule has 0 N–H and O–H groups in total. The van der Waals surface area contributed by atoms with E-state index in [2.05, 4.69) is 64.9 Å². The molecular weight excluding hydrogens is 448 g/mol. The lowest BCUT2D eigenvalue weighted by Crippen LogP contribution is -2.33. The Bertz CT molecular complexity index is 1570. The average molecular weight is 475 g/mol. The molecule has 0 radical (unpaired) electrons. The third-order valence-corrected chi connectivity index (χ3v) is 6.43. The van der Waals surface area contributed by atoms with Crippen molar-refractivity contribution in [1.29, 1.82) is 0 Å². The van der Waals surface area contributed by atoms with Gasteiger partial charge in [-0.2, -0.15) is 0 Å². The minimum atomic E-state index is 0.522. The van der Waals surface area contributed by atoms with Crippen LogP contribution in [0, 0.1) is 13.8 Å². The summed E-state index contributed by atoms with van der Waals surface area (Å²) in [6.07, 6.45) is 11.8. The number of pyridine rings is 2. The molecule has 36 heavy (non-hydrogen) atoms. The van der Waals surface area contributed by atoms with Gasteiger partial charge in [0.2, 0.25) is 11.8 Å². The first-order valence-electron chi connectivity index (χ1n) is 12.0. The Morgan fingerprint density at radius 1 is 0.667 bits per heavy atom. The van der Waals surface area contributed by atoms with Crippen LogP contribution in [-0.2, 0) is 13.1 Å². The van der Waals surface area contributed by atoms with Gasteiger partial charge in [-0.25, -0.2) is 19.1 Å². The summed E-state index contributed by atoms with van der Waals surface area (Å²) >= 11 is 0. The highest BCUT2D eigenvalue weighted by atomic mass is 16.4. The number of benzene rings is 2. The van der Waals surface area contributed by atoms with Gasteiger partial charge in [0, 0.05) is 42.0 Å². The summed E-state index contributed by atoms with van der Waals surface area (Å²) in [5, 5.41) is 0. The normalized spacial score (nSPS) is 11.7. The van der Waals surface area contributed by atoms with E-state index in [-0.39, 0.29) is 0 Å². The molecular formula is C30H26N4O2+2. The Morgan fingerprint density at radius 3 is 1.94 bits per heavy atom. The van der Waals surface area contributed by atoms with Crippen molar-refractivity contribution in [2.45, 2.75) is 26.9 Å². The summed E-state index contributed by atoms with van der Waals surface area (Å²) in [5.74, 6) is 1.04. The van der Waals surface area contributed by atoms with Crippen molar-refractivity contribution in [3.63, 3.8) is 0 Å². The Labute approximate surface area is 208 Å². The third kappa shape index (κ3) is 4.29. The topological polar surface area (TPSA) is 59.8 Å². The first-order chi connectivity index (χ1) is 17.6. The van der Waals surface area contributed by atoms with Crippen LogP contribution < -0.4 is 9.13 Å². The van der Waals surface area contributed by atoms with Crippen molar-refractivity contribution in [2.75, 3.05) is 0 Å². The van der Waals surface area contributed by atoms with E-state index in [1.54, 1.807) is 0 Å². The number of fused-ring (bicyclic) bond motifs is 2. The van der Waals surface area contributed by atoms with Gasteiger partial charge in [0.25, 0.3) is 0 Å². The molecule has 0 aliphatic heterocycles. The van der Waals surface area contributed by atoms with Crippen LogP contribution in [0.25, 0.3) is 34.4 Å². The lowest BCUT2D eigenvalue weighted by Gasteiger charge is -2.02. The minimum absolute atomic E-state index is 0.522. The second-order valence-corrected chi connectivity index (χ2v) is 8.95. The molecule has 4 heterocycles. The molecule has 0 amide bonds. The Balaban J connectivity index is 1.32. The zero-order valence-corrected chi connectivity index (χ0v) is 20.3. The van der Waals surface area contributed by atoms with Crippen LogP contribution in [0.3, 0.4) is 0 Å². The van der Waals surface area contributed by atoms with Gasteiger partial charge < -0.3 is 8.83 Å². The molecule has 6 nitrogen and oxygen atoms in total. The number of aryl methyl sites for hydroxylation is 2. The first-order valence-corrected chi connectivity index (χ1v) is 12.0. The zero-order chi connectivity index (χ0) is 24.5. The van der Waals surface area contributed by atoms with Crippen molar-refractivity contribution in [3.05, 3.63) is 119 Å². The maximum Gasteiger partial charge on any atom is 0.220 e. The quantitative estimate of drug-likeness (QED) is 0.302. The van der Waals surface area contributed by atoms with Gasteiger partial charge in [-0.05, 0) is 37.1 Å². The van der Waals surface area contributed by atoms with Crippen molar-refractivity contribution in [2.24, 2.45) is 0 Å². The number of nitrogens with zero attached hydrogens (tertiary/aromatic N) is 4. The fraction of sp³-hybridized carbons (Fsp3) is 0.133. The van der Waals surface area contributed by atoms with E-state index >= 15 is 0 Å². The molecule has 6 aromatic rings. The van der Waals surface area contributed by atoms with Gasteiger partial charge in [0.15, 0.2) is 49.0 Å². The maximum atomic E-state index is 6.19. The Morgan fingerprint density at radius 2 is 1.25 bits per heavy atom. The number of oxazole rings is 2. The average Bonchev–Trinajstić information content (AvgIpc) is 3.52. The van der Waals surface area contributed by atoms with Gasteiger partial charge in [-0.1, -0.05) is 24.3 Å². The van der Waals surface area contributed by atoms with E-state index in [0.29, 0.717) is 11.8 Å². The maximum absolute atomic E-state index is 6.19. The number of hydrogen-bond acceptors (Lipinski definition) is 4. The fourth-order valence-corrected chi connectivity index (χ4v) is 4.45. The van der Waals surface area contributed by atoms with Crippen LogP contribution in [0.5, 0.6) is 0 Å². The van der Waals surface area contributed by atoms with Crippen molar-refractivity contribution < 1.29 is 18.0 Å². The lowest BCUT2D eigenvalue weighted by molar-refractivity contribution is -0.688. The fourth-order valence-electron chi connectivity index (χ4n) is 4.45. The second-order valence-electron chi connectivity index (χ2n) is 8.95. The van der Waals surface area contributed by atoms with Crippen LogP contribution in [0.1, 0.15) is 34.0 Å². The molecule has 0 unspecified atom stereocenters. The summed E-state index contributed by atoms with van der Waals surface area (Å²) in [4.78, 5) is 9.46. The largest absolute Gasteiger partial charge is 0.437 e. The molecule has 6 rings (SSSR count). The second kappa shape index (κ2) is 9.23. The zero-order valence-electron chi connectivity index (χ0n) is 20.3. The van der Waals surface area contributed by atoms with Gasteiger partial charge in [0.1, 0.15) is 11.0 Å². The molecule has 0 atom stereocenters. The number of hydrogen-bond donors (Lipinski definition) is 0. The van der Waals surface area contributed by atoms with E-state index in [1.165, 1.54) is 11.1 Å². The van der Waals surface area contributed by atoms with Crippen molar-refractivity contribution in [3.8, 4) is 0 Å². The van der Waals surface area contributed by atoms with Crippen molar-refractivity contribution in [1.82, 2.24) is 9.97 Å². The predicted octanol–water partition coefficient (Wildman–Crippen LogP) is 5.43.